The molecular formula is C17H22O2. The van der Waals surface area contributed by atoms with Gasteiger partial charge in [0.05, 0.1) is 5.41 Å². The zero-order valence-corrected chi connectivity index (χ0v) is 12.3. The van der Waals surface area contributed by atoms with Crippen LogP contribution in [0.25, 0.3) is 0 Å². The SMILES string of the molecule is CC1=CCC2(C)C(=O)C1CC1=C2CC(C)(C)CC1=O. The first-order chi connectivity index (χ1) is 8.74. The molecule has 3 rings (SSSR count). The van der Waals surface area contributed by atoms with Gasteiger partial charge in [0.25, 0.3) is 0 Å². The summed E-state index contributed by atoms with van der Waals surface area (Å²) in [6.45, 7) is 8.36. The van der Waals surface area contributed by atoms with Crippen LogP contribution >= 0.6 is 0 Å². The average molecular weight is 258 g/mol. The van der Waals surface area contributed by atoms with Gasteiger partial charge in [0, 0.05) is 12.3 Å². The highest BCUT2D eigenvalue weighted by molar-refractivity contribution is 6.04. The lowest BCUT2D eigenvalue weighted by molar-refractivity contribution is -0.131. The molecule has 0 aromatic rings. The third-order valence-electron chi connectivity index (χ3n) is 5.31. The molecule has 0 aromatic heterocycles. The first-order valence-corrected chi connectivity index (χ1v) is 7.21. The summed E-state index contributed by atoms with van der Waals surface area (Å²) in [5.74, 6) is 0.587. The third-order valence-corrected chi connectivity index (χ3v) is 5.31. The van der Waals surface area contributed by atoms with Gasteiger partial charge in [-0.25, -0.2) is 0 Å². The Hall–Kier alpha value is -1.18. The van der Waals surface area contributed by atoms with Crippen molar-refractivity contribution >= 4 is 11.6 Å². The molecule has 0 saturated heterocycles. The Morgan fingerprint density at radius 3 is 2.53 bits per heavy atom. The van der Waals surface area contributed by atoms with E-state index in [0.29, 0.717) is 18.6 Å². The van der Waals surface area contributed by atoms with Crippen molar-refractivity contribution in [3.8, 4) is 0 Å². The summed E-state index contributed by atoms with van der Waals surface area (Å²) in [7, 11) is 0. The second kappa shape index (κ2) is 3.68. The molecule has 0 saturated carbocycles. The monoisotopic (exact) mass is 258 g/mol. The molecule has 0 N–H and O–H groups in total. The molecule has 0 aromatic carbocycles. The number of rotatable bonds is 0. The molecule has 3 aliphatic rings. The van der Waals surface area contributed by atoms with Crippen molar-refractivity contribution in [2.75, 3.05) is 0 Å². The Labute approximate surface area is 115 Å². The van der Waals surface area contributed by atoms with E-state index in [1.807, 2.05) is 6.92 Å². The maximum atomic E-state index is 12.7. The molecule has 102 valence electrons. The number of Topliss-reactive ketones (excluding diaryl/α,β-unsaturated/α-hetero) is 2. The van der Waals surface area contributed by atoms with Crippen LogP contribution < -0.4 is 0 Å². The lowest BCUT2D eigenvalue weighted by Crippen LogP contribution is -2.46. The number of carbonyl (C=O) groups excluding carboxylic acids is 2. The molecule has 2 bridgehead atoms. The number of fused-ring (bicyclic) bond motifs is 3. The van der Waals surface area contributed by atoms with E-state index < -0.39 is 5.41 Å². The topological polar surface area (TPSA) is 34.1 Å². The molecule has 19 heavy (non-hydrogen) atoms. The Kier molecular flexibility index (Phi) is 2.49. The molecule has 0 aliphatic heterocycles. The molecule has 2 atom stereocenters. The second-order valence-corrected chi connectivity index (χ2v) is 7.50. The Morgan fingerprint density at radius 2 is 1.84 bits per heavy atom. The second-order valence-electron chi connectivity index (χ2n) is 7.50. The van der Waals surface area contributed by atoms with Gasteiger partial charge >= 0.3 is 0 Å². The minimum atomic E-state index is -0.412. The number of hydrogen-bond donors (Lipinski definition) is 0. The molecule has 0 heterocycles. The number of allylic oxidation sites excluding steroid dienone is 4. The standard InChI is InChI=1S/C17H22O2/c1-10-5-6-17(4)13-8-16(2,3)9-14(18)12(13)7-11(10)15(17)19/h5,11H,6-9H2,1-4H3. The summed E-state index contributed by atoms with van der Waals surface area (Å²) in [6, 6.07) is 0. The van der Waals surface area contributed by atoms with Crippen LogP contribution in [0.15, 0.2) is 22.8 Å². The average Bonchev–Trinajstić information content (AvgIpc) is 2.29. The van der Waals surface area contributed by atoms with E-state index in [1.54, 1.807) is 0 Å². The minimum absolute atomic E-state index is 0.00223. The lowest BCUT2D eigenvalue weighted by Gasteiger charge is -2.47. The first kappa shape index (κ1) is 12.8. The molecule has 0 amide bonds. The minimum Gasteiger partial charge on any atom is -0.298 e. The van der Waals surface area contributed by atoms with E-state index in [0.717, 1.165) is 29.6 Å². The van der Waals surface area contributed by atoms with Gasteiger partial charge in [-0.05, 0) is 49.7 Å². The number of carbonyl (C=O) groups is 2. The van der Waals surface area contributed by atoms with Gasteiger partial charge < -0.3 is 0 Å². The van der Waals surface area contributed by atoms with Crippen molar-refractivity contribution in [2.45, 2.75) is 53.4 Å². The van der Waals surface area contributed by atoms with Gasteiger partial charge in [-0.1, -0.05) is 25.5 Å². The zero-order valence-electron chi connectivity index (χ0n) is 12.3. The van der Waals surface area contributed by atoms with Crippen molar-refractivity contribution in [3.63, 3.8) is 0 Å². The molecule has 0 radical (unpaired) electrons. The highest BCUT2D eigenvalue weighted by Crippen LogP contribution is 2.54. The summed E-state index contributed by atoms with van der Waals surface area (Å²) >= 11 is 0. The quantitative estimate of drug-likeness (QED) is 0.622. The van der Waals surface area contributed by atoms with E-state index in [4.69, 9.17) is 0 Å². The Morgan fingerprint density at radius 1 is 1.16 bits per heavy atom. The summed E-state index contributed by atoms with van der Waals surface area (Å²) in [5, 5.41) is 0. The maximum absolute atomic E-state index is 12.7. The van der Waals surface area contributed by atoms with Crippen molar-refractivity contribution in [1.29, 1.82) is 0 Å². The lowest BCUT2D eigenvalue weighted by atomic mass is 9.54. The summed E-state index contributed by atoms with van der Waals surface area (Å²) in [4.78, 5) is 25.2. The summed E-state index contributed by atoms with van der Waals surface area (Å²) in [5.41, 5.74) is 2.89. The van der Waals surface area contributed by atoms with Gasteiger partial charge in [-0.3, -0.25) is 9.59 Å². The highest BCUT2D eigenvalue weighted by Gasteiger charge is 2.51. The Bertz CT molecular complexity index is 548. The molecule has 0 spiro atoms. The summed E-state index contributed by atoms with van der Waals surface area (Å²) < 4.78 is 0. The van der Waals surface area contributed by atoms with Crippen LogP contribution in [0.5, 0.6) is 0 Å². The third kappa shape index (κ3) is 1.69. The van der Waals surface area contributed by atoms with Gasteiger partial charge in [-0.2, -0.15) is 0 Å². The van der Waals surface area contributed by atoms with Crippen LogP contribution in [0, 0.1) is 16.7 Å². The van der Waals surface area contributed by atoms with Gasteiger partial charge in [0.1, 0.15) is 0 Å². The van der Waals surface area contributed by atoms with Crippen LogP contribution in [-0.2, 0) is 9.59 Å². The van der Waals surface area contributed by atoms with Crippen LogP contribution in [0.1, 0.15) is 53.4 Å². The molecule has 2 unspecified atom stereocenters. The van der Waals surface area contributed by atoms with E-state index in [1.165, 1.54) is 0 Å². The smallest absolute Gasteiger partial charge is 0.159 e. The van der Waals surface area contributed by atoms with Crippen LogP contribution in [0.4, 0.5) is 0 Å². The van der Waals surface area contributed by atoms with E-state index in [2.05, 4.69) is 26.8 Å². The van der Waals surface area contributed by atoms with Crippen molar-refractivity contribution in [3.05, 3.63) is 22.8 Å². The van der Waals surface area contributed by atoms with Crippen molar-refractivity contribution < 1.29 is 9.59 Å². The molecular weight excluding hydrogens is 236 g/mol. The summed E-state index contributed by atoms with van der Waals surface area (Å²) in [6.07, 6.45) is 5.17. The van der Waals surface area contributed by atoms with Crippen LogP contribution in [-0.4, -0.2) is 11.6 Å². The molecule has 0 fully saturated rings. The largest absolute Gasteiger partial charge is 0.298 e. The normalized spacial score (nSPS) is 37.1. The predicted octanol–water partition coefficient (Wildman–Crippen LogP) is 3.62. The fraction of sp³-hybridized carbons (Fsp3) is 0.647. The van der Waals surface area contributed by atoms with Gasteiger partial charge in [-0.15, -0.1) is 0 Å². The molecule has 3 aliphatic carbocycles. The predicted molar refractivity (Wildman–Crippen MR) is 74.6 cm³/mol. The van der Waals surface area contributed by atoms with Gasteiger partial charge in [0.15, 0.2) is 11.6 Å². The van der Waals surface area contributed by atoms with Crippen molar-refractivity contribution in [2.24, 2.45) is 16.7 Å². The number of hydrogen-bond acceptors (Lipinski definition) is 2. The molecule has 2 nitrogen and oxygen atoms in total. The Balaban J connectivity index is 2.16. The highest BCUT2D eigenvalue weighted by atomic mass is 16.1. The van der Waals surface area contributed by atoms with E-state index >= 15 is 0 Å². The van der Waals surface area contributed by atoms with Crippen LogP contribution in [0.3, 0.4) is 0 Å². The first-order valence-electron chi connectivity index (χ1n) is 7.21. The maximum Gasteiger partial charge on any atom is 0.159 e. The van der Waals surface area contributed by atoms with Crippen molar-refractivity contribution in [1.82, 2.24) is 0 Å². The zero-order chi connectivity index (χ0) is 14.0. The number of ketones is 2. The fourth-order valence-electron chi connectivity index (χ4n) is 4.05. The molecule has 2 heteroatoms. The van der Waals surface area contributed by atoms with E-state index in [9.17, 15) is 9.59 Å². The van der Waals surface area contributed by atoms with Crippen LogP contribution in [0.2, 0.25) is 0 Å². The van der Waals surface area contributed by atoms with Gasteiger partial charge in [0.2, 0.25) is 0 Å². The fourth-order valence-corrected chi connectivity index (χ4v) is 4.05. The van der Waals surface area contributed by atoms with E-state index in [-0.39, 0.29) is 17.1 Å².